The lowest BCUT2D eigenvalue weighted by Crippen LogP contribution is -1.99. The Hall–Kier alpha value is -3.76. The average molecular weight is 342 g/mol. The van der Waals surface area contributed by atoms with Gasteiger partial charge in [-0.3, -0.25) is 9.79 Å². The van der Waals surface area contributed by atoms with Crippen LogP contribution in [0.5, 0.6) is 0 Å². The molecule has 4 nitrogen and oxygen atoms in total. The van der Waals surface area contributed by atoms with Gasteiger partial charge in [0.15, 0.2) is 0 Å². The lowest BCUT2D eigenvalue weighted by atomic mass is 10.1. The molecule has 0 aliphatic rings. The molecule has 0 aliphatic carbocycles. The number of aliphatic carboxylic acids is 1. The lowest BCUT2D eigenvalue weighted by molar-refractivity contribution is -0.136. The second-order valence-electron chi connectivity index (χ2n) is 5.44. The van der Waals surface area contributed by atoms with Crippen molar-refractivity contribution in [2.75, 3.05) is 5.32 Å². The van der Waals surface area contributed by atoms with Gasteiger partial charge >= 0.3 is 5.97 Å². The number of rotatable bonds is 7. The number of benzene rings is 2. The zero-order valence-electron chi connectivity index (χ0n) is 14.1. The first-order valence-electron chi connectivity index (χ1n) is 7.95. The van der Waals surface area contributed by atoms with Gasteiger partial charge in [0.25, 0.3) is 0 Å². The molecule has 0 saturated heterocycles. The number of allylic oxidation sites excluding steroid dienone is 1. The summed E-state index contributed by atoms with van der Waals surface area (Å²) in [5.41, 5.74) is 3.76. The summed E-state index contributed by atoms with van der Waals surface area (Å²) < 4.78 is 0. The second kappa shape index (κ2) is 9.52. The fourth-order valence-corrected chi connectivity index (χ4v) is 2.13. The maximum atomic E-state index is 10.9. The number of nitrogens with zero attached hydrogens (tertiary/aromatic N) is 1. The van der Waals surface area contributed by atoms with Crippen molar-refractivity contribution in [3.63, 3.8) is 0 Å². The van der Waals surface area contributed by atoms with E-state index in [1.807, 2.05) is 42.5 Å². The lowest BCUT2D eigenvalue weighted by Gasteiger charge is -2.05. The van der Waals surface area contributed by atoms with Crippen LogP contribution in [0.1, 0.15) is 24.0 Å². The molecular formula is C22H18N2O2. The summed E-state index contributed by atoms with van der Waals surface area (Å²) in [4.78, 5) is 15.3. The molecule has 128 valence electrons. The first-order chi connectivity index (χ1) is 12.6. The van der Waals surface area contributed by atoms with E-state index in [-0.39, 0.29) is 6.42 Å². The highest BCUT2D eigenvalue weighted by atomic mass is 16.4. The van der Waals surface area contributed by atoms with Crippen LogP contribution in [0, 0.1) is 24.7 Å². The molecule has 0 heterocycles. The third kappa shape index (κ3) is 6.03. The van der Waals surface area contributed by atoms with E-state index in [0.29, 0.717) is 12.1 Å². The zero-order valence-corrected chi connectivity index (χ0v) is 14.1. The van der Waals surface area contributed by atoms with Crippen molar-refractivity contribution in [1.82, 2.24) is 0 Å². The predicted octanol–water partition coefficient (Wildman–Crippen LogP) is 4.21. The Bertz CT molecular complexity index is 928. The van der Waals surface area contributed by atoms with Crippen LogP contribution in [0.2, 0.25) is 0 Å². The molecule has 0 bridgehead atoms. The SMILES string of the molecule is C#Cc1cccc(/N=C/C(=C/Nc2cccc(C#C)c2)CCC(=O)O)c1. The number of carboxylic acids is 1. The summed E-state index contributed by atoms with van der Waals surface area (Å²) in [6.45, 7) is 0. The number of carbonyl (C=O) groups is 1. The van der Waals surface area contributed by atoms with Crippen molar-refractivity contribution in [1.29, 1.82) is 0 Å². The Morgan fingerprint density at radius 1 is 1.08 bits per heavy atom. The van der Waals surface area contributed by atoms with Crippen LogP contribution in [0.15, 0.2) is 65.3 Å². The van der Waals surface area contributed by atoms with E-state index in [2.05, 4.69) is 22.2 Å². The molecule has 0 fully saturated rings. The highest BCUT2D eigenvalue weighted by Crippen LogP contribution is 2.15. The summed E-state index contributed by atoms with van der Waals surface area (Å²) in [6.07, 6.45) is 14.5. The van der Waals surface area contributed by atoms with Gasteiger partial charge in [-0.05, 0) is 48.4 Å². The largest absolute Gasteiger partial charge is 0.481 e. The van der Waals surface area contributed by atoms with Crippen molar-refractivity contribution < 1.29 is 9.90 Å². The van der Waals surface area contributed by atoms with Crippen molar-refractivity contribution in [3.8, 4) is 24.7 Å². The molecule has 0 amide bonds. The van der Waals surface area contributed by atoms with E-state index < -0.39 is 5.97 Å². The Morgan fingerprint density at radius 2 is 1.77 bits per heavy atom. The number of terminal acetylenes is 2. The van der Waals surface area contributed by atoms with Gasteiger partial charge in [-0.1, -0.05) is 24.0 Å². The minimum atomic E-state index is -0.868. The molecule has 0 spiro atoms. The van der Waals surface area contributed by atoms with Crippen LogP contribution >= 0.6 is 0 Å². The zero-order chi connectivity index (χ0) is 18.8. The van der Waals surface area contributed by atoms with Gasteiger partial charge in [-0.2, -0.15) is 0 Å². The van der Waals surface area contributed by atoms with Gasteiger partial charge in [0.05, 0.1) is 5.69 Å². The van der Waals surface area contributed by atoms with Crippen LogP contribution < -0.4 is 5.32 Å². The molecule has 0 aliphatic heterocycles. The third-order valence-electron chi connectivity index (χ3n) is 3.47. The maximum absolute atomic E-state index is 10.9. The van der Waals surface area contributed by atoms with Gasteiger partial charge in [-0.15, -0.1) is 12.8 Å². The van der Waals surface area contributed by atoms with Gasteiger partial charge in [-0.25, -0.2) is 0 Å². The predicted molar refractivity (Wildman–Crippen MR) is 105 cm³/mol. The van der Waals surface area contributed by atoms with Crippen molar-refractivity contribution in [2.45, 2.75) is 12.8 Å². The van der Waals surface area contributed by atoms with Gasteiger partial charge in [0, 0.05) is 35.6 Å². The molecule has 2 N–H and O–H groups in total. The maximum Gasteiger partial charge on any atom is 0.303 e. The van der Waals surface area contributed by atoms with Crippen LogP contribution in [-0.2, 0) is 4.79 Å². The fourth-order valence-electron chi connectivity index (χ4n) is 2.13. The number of anilines is 1. The standard InChI is InChI=1S/C22H18N2O2/c1-3-17-7-5-9-20(13-17)23-15-19(11-12-22(25)26)16-24-21-10-6-8-18(4-2)14-21/h1-2,5-10,13-16,23H,11-12H2,(H,25,26)/b19-15+,24-16+. The van der Waals surface area contributed by atoms with E-state index in [0.717, 1.165) is 22.4 Å². The molecule has 0 radical (unpaired) electrons. The van der Waals surface area contributed by atoms with E-state index in [1.54, 1.807) is 18.5 Å². The summed E-state index contributed by atoms with van der Waals surface area (Å²) in [7, 11) is 0. The molecule has 0 unspecified atom stereocenters. The summed E-state index contributed by atoms with van der Waals surface area (Å²) in [5.74, 6) is 4.26. The molecular weight excluding hydrogens is 324 g/mol. The molecule has 26 heavy (non-hydrogen) atoms. The first-order valence-corrected chi connectivity index (χ1v) is 7.95. The van der Waals surface area contributed by atoms with Gasteiger partial charge in [0.1, 0.15) is 0 Å². The summed E-state index contributed by atoms with van der Waals surface area (Å²) in [5, 5.41) is 12.1. The van der Waals surface area contributed by atoms with Crippen LogP contribution in [0.3, 0.4) is 0 Å². The Morgan fingerprint density at radius 3 is 2.46 bits per heavy atom. The van der Waals surface area contributed by atoms with Gasteiger partial charge < -0.3 is 10.4 Å². The monoisotopic (exact) mass is 342 g/mol. The molecule has 0 aromatic heterocycles. The number of carboxylic acid groups (broad SMARTS) is 1. The third-order valence-corrected chi connectivity index (χ3v) is 3.47. The first kappa shape index (κ1) is 18.6. The molecule has 2 rings (SSSR count). The smallest absolute Gasteiger partial charge is 0.303 e. The van der Waals surface area contributed by atoms with E-state index in [4.69, 9.17) is 18.0 Å². The number of hydrogen-bond donors (Lipinski definition) is 2. The molecule has 0 saturated carbocycles. The quantitative estimate of drug-likeness (QED) is 0.585. The summed E-state index contributed by atoms with van der Waals surface area (Å²) >= 11 is 0. The highest BCUT2D eigenvalue weighted by molar-refractivity contribution is 5.83. The molecule has 2 aromatic carbocycles. The van der Waals surface area contributed by atoms with E-state index >= 15 is 0 Å². The molecule has 2 aromatic rings. The number of aliphatic imine (C=N–C) groups is 1. The normalized spacial score (nSPS) is 10.9. The Labute approximate surface area is 153 Å². The number of hydrogen-bond acceptors (Lipinski definition) is 3. The Kier molecular flexibility index (Phi) is 6.80. The van der Waals surface area contributed by atoms with E-state index in [1.165, 1.54) is 0 Å². The highest BCUT2D eigenvalue weighted by Gasteiger charge is 2.01. The molecule has 4 heteroatoms. The summed E-state index contributed by atoms with van der Waals surface area (Å²) in [6, 6.07) is 14.7. The topological polar surface area (TPSA) is 61.7 Å². The minimum absolute atomic E-state index is 0.00826. The van der Waals surface area contributed by atoms with E-state index in [9.17, 15) is 4.79 Å². The van der Waals surface area contributed by atoms with Gasteiger partial charge in [0.2, 0.25) is 0 Å². The van der Waals surface area contributed by atoms with Crippen LogP contribution in [-0.4, -0.2) is 17.3 Å². The minimum Gasteiger partial charge on any atom is -0.481 e. The van der Waals surface area contributed by atoms with Crippen LogP contribution in [0.25, 0.3) is 0 Å². The van der Waals surface area contributed by atoms with Crippen molar-refractivity contribution >= 4 is 23.6 Å². The van der Waals surface area contributed by atoms with Crippen molar-refractivity contribution in [2.24, 2.45) is 4.99 Å². The average Bonchev–Trinajstić information content (AvgIpc) is 2.67. The number of nitrogens with one attached hydrogen (secondary N) is 1. The molecule has 0 atom stereocenters. The fraction of sp³-hybridized carbons (Fsp3) is 0.0909. The second-order valence-corrected chi connectivity index (χ2v) is 5.44. The van der Waals surface area contributed by atoms with Crippen molar-refractivity contribution in [3.05, 3.63) is 71.4 Å². The Balaban J connectivity index is 2.18. The van der Waals surface area contributed by atoms with Crippen LogP contribution in [0.4, 0.5) is 11.4 Å².